The Morgan fingerprint density at radius 2 is 1.72 bits per heavy atom. The maximum Gasteiger partial charge on any atom is 0.271 e. The van der Waals surface area contributed by atoms with Crippen LogP contribution in [0.4, 0.5) is 17.2 Å². The van der Waals surface area contributed by atoms with Gasteiger partial charge in [-0.3, -0.25) is 4.79 Å². The van der Waals surface area contributed by atoms with E-state index in [1.54, 1.807) is 12.1 Å². The average molecular weight is 341 g/mol. The summed E-state index contributed by atoms with van der Waals surface area (Å²) in [6.45, 7) is 9.00. The van der Waals surface area contributed by atoms with E-state index < -0.39 is 0 Å². The summed E-state index contributed by atoms with van der Waals surface area (Å²) in [5, 5.41) is 14.1. The van der Waals surface area contributed by atoms with Gasteiger partial charge in [0.1, 0.15) is 0 Å². The molecular weight excluding hydrogens is 314 g/mol. The Hall–Kier alpha value is -2.63. The van der Waals surface area contributed by atoms with Gasteiger partial charge >= 0.3 is 0 Å². The van der Waals surface area contributed by atoms with Crippen molar-refractivity contribution in [1.82, 2.24) is 15.5 Å². The lowest BCUT2D eigenvalue weighted by atomic mass is 10.2. The van der Waals surface area contributed by atoms with E-state index in [2.05, 4.69) is 58.6 Å². The quantitative estimate of drug-likeness (QED) is 0.682. The van der Waals surface area contributed by atoms with E-state index in [0.29, 0.717) is 18.1 Å². The molecule has 6 heteroatoms. The fourth-order valence-corrected chi connectivity index (χ4v) is 2.48. The number of carbonyl (C=O) groups is 1. The highest BCUT2D eigenvalue weighted by molar-refractivity contribution is 5.92. The zero-order valence-corrected chi connectivity index (χ0v) is 15.2. The first kappa shape index (κ1) is 18.7. The molecule has 2 rings (SSSR count). The first-order valence-electron chi connectivity index (χ1n) is 8.91. The number of hydrogen-bond acceptors (Lipinski definition) is 5. The zero-order chi connectivity index (χ0) is 18.1. The molecule has 0 aliphatic rings. The predicted molar refractivity (Wildman–Crippen MR) is 103 cm³/mol. The third kappa shape index (κ3) is 5.45. The number of anilines is 3. The Balaban J connectivity index is 1.95. The van der Waals surface area contributed by atoms with Crippen molar-refractivity contribution in [3.8, 4) is 0 Å². The summed E-state index contributed by atoms with van der Waals surface area (Å²) < 4.78 is 0. The van der Waals surface area contributed by atoms with Crippen molar-refractivity contribution in [2.75, 3.05) is 29.9 Å². The van der Waals surface area contributed by atoms with Gasteiger partial charge in [-0.25, -0.2) is 0 Å². The van der Waals surface area contributed by atoms with Crippen LogP contribution in [0.2, 0.25) is 0 Å². The fraction of sp³-hybridized carbons (Fsp3) is 0.421. The molecule has 0 atom stereocenters. The predicted octanol–water partition coefficient (Wildman–Crippen LogP) is 3.60. The average Bonchev–Trinajstić information content (AvgIpc) is 2.65. The topological polar surface area (TPSA) is 70.2 Å². The zero-order valence-electron chi connectivity index (χ0n) is 15.2. The van der Waals surface area contributed by atoms with Gasteiger partial charge in [0.25, 0.3) is 5.91 Å². The van der Waals surface area contributed by atoms with E-state index in [0.717, 1.165) is 31.6 Å². The summed E-state index contributed by atoms with van der Waals surface area (Å²) in [4.78, 5) is 14.2. The highest BCUT2D eigenvalue weighted by Crippen LogP contribution is 2.20. The van der Waals surface area contributed by atoms with E-state index in [9.17, 15) is 4.79 Å². The molecule has 1 amide bonds. The van der Waals surface area contributed by atoms with Crippen LogP contribution in [0, 0.1) is 0 Å². The summed E-state index contributed by atoms with van der Waals surface area (Å²) >= 11 is 0. The van der Waals surface area contributed by atoms with E-state index in [1.165, 1.54) is 5.69 Å². The summed E-state index contributed by atoms with van der Waals surface area (Å²) in [7, 11) is 0. The summed E-state index contributed by atoms with van der Waals surface area (Å²) in [5.41, 5.74) is 2.46. The highest BCUT2D eigenvalue weighted by Gasteiger charge is 2.07. The van der Waals surface area contributed by atoms with E-state index >= 15 is 0 Å². The molecular formula is C19H27N5O. The van der Waals surface area contributed by atoms with Crippen molar-refractivity contribution in [2.24, 2.45) is 0 Å². The van der Waals surface area contributed by atoms with Crippen LogP contribution in [0.15, 0.2) is 36.4 Å². The molecule has 1 aromatic heterocycles. The number of amides is 1. The van der Waals surface area contributed by atoms with Crippen LogP contribution in [0.5, 0.6) is 0 Å². The molecule has 2 N–H and O–H groups in total. The number of benzene rings is 1. The van der Waals surface area contributed by atoms with Crippen molar-refractivity contribution in [2.45, 2.75) is 33.6 Å². The van der Waals surface area contributed by atoms with Gasteiger partial charge in [-0.05, 0) is 56.7 Å². The number of unbranched alkanes of at least 4 members (excludes halogenated alkanes) is 1. The Morgan fingerprint density at radius 1 is 1.00 bits per heavy atom. The number of rotatable bonds is 9. The number of nitrogens with zero attached hydrogens (tertiary/aromatic N) is 3. The van der Waals surface area contributed by atoms with Crippen LogP contribution in [0.1, 0.15) is 44.1 Å². The summed E-state index contributed by atoms with van der Waals surface area (Å²) in [6, 6.07) is 11.6. The monoisotopic (exact) mass is 341 g/mol. The van der Waals surface area contributed by atoms with Gasteiger partial charge in [0.2, 0.25) is 0 Å². The number of nitrogens with one attached hydrogen (secondary N) is 2. The third-order valence-corrected chi connectivity index (χ3v) is 3.98. The van der Waals surface area contributed by atoms with Crippen LogP contribution in [-0.2, 0) is 0 Å². The normalized spacial score (nSPS) is 10.4. The van der Waals surface area contributed by atoms with Gasteiger partial charge in [0, 0.05) is 31.0 Å². The summed E-state index contributed by atoms with van der Waals surface area (Å²) in [6.07, 6.45) is 2.00. The van der Waals surface area contributed by atoms with Crippen molar-refractivity contribution in [3.63, 3.8) is 0 Å². The highest BCUT2D eigenvalue weighted by atomic mass is 16.1. The van der Waals surface area contributed by atoms with Crippen LogP contribution >= 0.6 is 0 Å². The van der Waals surface area contributed by atoms with E-state index in [4.69, 9.17) is 0 Å². The Kier molecular flexibility index (Phi) is 7.19. The minimum atomic E-state index is -0.184. The first-order valence-corrected chi connectivity index (χ1v) is 8.91. The van der Waals surface area contributed by atoms with Gasteiger partial charge in [-0.2, -0.15) is 0 Å². The maximum atomic E-state index is 11.9. The number of hydrogen-bond donors (Lipinski definition) is 2. The lowest BCUT2D eigenvalue weighted by molar-refractivity contribution is 0.0947. The third-order valence-electron chi connectivity index (χ3n) is 3.98. The van der Waals surface area contributed by atoms with Gasteiger partial charge < -0.3 is 15.5 Å². The van der Waals surface area contributed by atoms with Gasteiger partial charge in [0.05, 0.1) is 0 Å². The van der Waals surface area contributed by atoms with E-state index in [1.807, 2.05) is 12.1 Å². The Morgan fingerprint density at radius 3 is 2.28 bits per heavy atom. The lowest BCUT2D eigenvalue weighted by Crippen LogP contribution is -2.25. The molecule has 0 bridgehead atoms. The molecule has 1 heterocycles. The Labute approximate surface area is 149 Å². The van der Waals surface area contributed by atoms with Crippen LogP contribution < -0.4 is 15.5 Å². The molecule has 0 unspecified atom stereocenters. The van der Waals surface area contributed by atoms with Crippen LogP contribution in [-0.4, -0.2) is 35.7 Å². The van der Waals surface area contributed by atoms with Gasteiger partial charge in [0.15, 0.2) is 11.5 Å². The molecule has 0 fully saturated rings. The smallest absolute Gasteiger partial charge is 0.271 e. The second-order valence-corrected chi connectivity index (χ2v) is 5.76. The molecule has 1 aromatic carbocycles. The number of carbonyl (C=O) groups excluding carboxylic acids is 1. The molecule has 0 spiro atoms. The Bertz CT molecular complexity index is 651. The van der Waals surface area contributed by atoms with Gasteiger partial charge in [-0.1, -0.05) is 13.3 Å². The van der Waals surface area contributed by atoms with Crippen molar-refractivity contribution in [3.05, 3.63) is 42.1 Å². The molecule has 0 radical (unpaired) electrons. The maximum absolute atomic E-state index is 11.9. The molecule has 134 valence electrons. The molecule has 0 aliphatic heterocycles. The summed E-state index contributed by atoms with van der Waals surface area (Å²) in [5.74, 6) is 0.428. The first-order chi connectivity index (χ1) is 12.2. The molecule has 25 heavy (non-hydrogen) atoms. The van der Waals surface area contributed by atoms with Crippen molar-refractivity contribution in [1.29, 1.82) is 0 Å². The van der Waals surface area contributed by atoms with Crippen molar-refractivity contribution < 1.29 is 4.79 Å². The second-order valence-electron chi connectivity index (χ2n) is 5.76. The minimum Gasteiger partial charge on any atom is -0.372 e. The fourth-order valence-electron chi connectivity index (χ4n) is 2.48. The van der Waals surface area contributed by atoms with Crippen LogP contribution in [0.3, 0.4) is 0 Å². The van der Waals surface area contributed by atoms with Crippen LogP contribution in [0.25, 0.3) is 0 Å². The molecule has 0 saturated carbocycles. The second kappa shape index (κ2) is 9.61. The minimum absolute atomic E-state index is 0.184. The molecule has 2 aromatic rings. The standard InChI is InChI=1S/C19H27N5O/c1-4-7-14-20-19(25)17-12-13-18(23-22-17)21-15-8-10-16(11-9-15)24(5-2)6-3/h8-13H,4-7,14H2,1-3H3,(H,20,25)(H,21,23). The van der Waals surface area contributed by atoms with Crippen molar-refractivity contribution >= 4 is 23.1 Å². The molecule has 0 saturated heterocycles. The van der Waals surface area contributed by atoms with Gasteiger partial charge in [-0.15, -0.1) is 10.2 Å². The molecule has 6 nitrogen and oxygen atoms in total. The molecule has 0 aliphatic carbocycles. The lowest BCUT2D eigenvalue weighted by Gasteiger charge is -2.21. The largest absolute Gasteiger partial charge is 0.372 e. The number of aromatic nitrogens is 2. The van der Waals surface area contributed by atoms with E-state index in [-0.39, 0.29) is 5.91 Å². The SMILES string of the molecule is CCCCNC(=O)c1ccc(Nc2ccc(N(CC)CC)cc2)nn1.